The minimum absolute atomic E-state index is 0.00529. The van der Waals surface area contributed by atoms with Crippen molar-refractivity contribution in [1.82, 2.24) is 10.9 Å². The van der Waals surface area contributed by atoms with Crippen molar-refractivity contribution in [3.63, 3.8) is 0 Å². The Morgan fingerprint density at radius 3 is 1.41 bits per heavy atom. The highest BCUT2D eigenvalue weighted by Crippen LogP contribution is 2.11. The monoisotopic (exact) mass is 306 g/mol. The summed E-state index contributed by atoms with van der Waals surface area (Å²) in [6, 6.07) is 11.2. The molecule has 8 heteroatoms. The lowest BCUT2D eigenvalue weighted by Gasteiger charge is -2.11. The van der Waals surface area contributed by atoms with E-state index in [1.165, 1.54) is 36.4 Å². The molecular formula is C14H12F2N4O2. The van der Waals surface area contributed by atoms with Crippen LogP contribution in [0.3, 0.4) is 0 Å². The van der Waals surface area contributed by atoms with Gasteiger partial charge in [0.05, 0.1) is 11.4 Å². The number of rotatable bonds is 4. The molecule has 0 aromatic heterocycles. The van der Waals surface area contributed by atoms with Crippen LogP contribution < -0.4 is 21.7 Å². The maximum absolute atomic E-state index is 13.3. The maximum atomic E-state index is 13.3. The first-order valence-corrected chi connectivity index (χ1v) is 6.19. The molecule has 6 nitrogen and oxygen atoms in total. The van der Waals surface area contributed by atoms with E-state index in [-0.39, 0.29) is 11.4 Å². The van der Waals surface area contributed by atoms with E-state index in [0.717, 1.165) is 0 Å². The molecule has 2 rings (SSSR count). The first kappa shape index (κ1) is 15.2. The number of hydrogen-bond donors (Lipinski definition) is 4. The van der Waals surface area contributed by atoms with Crippen LogP contribution in [-0.2, 0) is 9.59 Å². The zero-order valence-electron chi connectivity index (χ0n) is 11.2. The number of hydrazine groups is 2. The van der Waals surface area contributed by atoms with Crippen LogP contribution in [0.25, 0.3) is 0 Å². The molecule has 0 aliphatic carbocycles. The van der Waals surface area contributed by atoms with Crippen molar-refractivity contribution in [2.75, 3.05) is 10.9 Å². The van der Waals surface area contributed by atoms with E-state index in [9.17, 15) is 18.4 Å². The Morgan fingerprint density at radius 2 is 1.05 bits per heavy atom. The molecule has 0 spiro atoms. The molecular weight excluding hydrogens is 294 g/mol. The third-order valence-electron chi connectivity index (χ3n) is 2.58. The fourth-order valence-electron chi connectivity index (χ4n) is 1.49. The normalized spacial score (nSPS) is 9.73. The van der Waals surface area contributed by atoms with E-state index in [1.807, 2.05) is 10.9 Å². The second-order valence-corrected chi connectivity index (χ2v) is 4.12. The Morgan fingerprint density at radius 1 is 0.682 bits per heavy atom. The van der Waals surface area contributed by atoms with Gasteiger partial charge in [-0.1, -0.05) is 24.3 Å². The van der Waals surface area contributed by atoms with Crippen LogP contribution in [-0.4, -0.2) is 11.8 Å². The van der Waals surface area contributed by atoms with E-state index < -0.39 is 23.4 Å². The summed E-state index contributed by atoms with van der Waals surface area (Å²) in [5.74, 6) is -3.33. The maximum Gasteiger partial charge on any atom is 0.329 e. The van der Waals surface area contributed by atoms with E-state index in [1.54, 1.807) is 12.1 Å². The molecule has 0 unspecified atom stereocenters. The average molecular weight is 306 g/mol. The number of benzene rings is 2. The molecule has 0 atom stereocenters. The molecule has 0 saturated carbocycles. The van der Waals surface area contributed by atoms with Crippen molar-refractivity contribution in [3.05, 3.63) is 60.2 Å². The largest absolute Gasteiger partial charge is 0.329 e. The summed E-state index contributed by atoms with van der Waals surface area (Å²) >= 11 is 0. The van der Waals surface area contributed by atoms with Gasteiger partial charge in [0.1, 0.15) is 11.6 Å². The SMILES string of the molecule is O=C(NNc1ccccc1F)C(=O)NNc1ccccc1F. The van der Waals surface area contributed by atoms with Gasteiger partial charge in [-0.3, -0.25) is 31.3 Å². The van der Waals surface area contributed by atoms with Crippen LogP contribution in [0.4, 0.5) is 20.2 Å². The first-order chi connectivity index (χ1) is 10.6. The summed E-state index contributed by atoms with van der Waals surface area (Å²) in [5.41, 5.74) is 8.57. The van der Waals surface area contributed by atoms with Crippen molar-refractivity contribution in [2.45, 2.75) is 0 Å². The highest BCUT2D eigenvalue weighted by molar-refractivity contribution is 6.35. The van der Waals surface area contributed by atoms with Crippen molar-refractivity contribution >= 4 is 23.2 Å². The van der Waals surface area contributed by atoms with Gasteiger partial charge in [0, 0.05) is 0 Å². The van der Waals surface area contributed by atoms with E-state index in [4.69, 9.17) is 0 Å². The number of carbonyl (C=O) groups excluding carboxylic acids is 2. The molecule has 2 aromatic rings. The predicted octanol–water partition coefficient (Wildman–Crippen LogP) is 1.55. The molecule has 0 aliphatic rings. The summed E-state index contributed by atoms with van der Waals surface area (Å²) in [4.78, 5) is 23.0. The summed E-state index contributed by atoms with van der Waals surface area (Å²) in [7, 11) is 0. The summed E-state index contributed by atoms with van der Waals surface area (Å²) < 4.78 is 26.6. The van der Waals surface area contributed by atoms with Crippen LogP contribution in [0.5, 0.6) is 0 Å². The van der Waals surface area contributed by atoms with Gasteiger partial charge >= 0.3 is 11.8 Å². The molecule has 0 fully saturated rings. The Labute approximate surface area is 124 Å². The van der Waals surface area contributed by atoms with Gasteiger partial charge in [0.25, 0.3) is 0 Å². The van der Waals surface area contributed by atoms with Gasteiger partial charge in [0.15, 0.2) is 0 Å². The number of hydrogen-bond acceptors (Lipinski definition) is 4. The lowest BCUT2D eigenvalue weighted by molar-refractivity contribution is -0.138. The lowest BCUT2D eigenvalue weighted by atomic mass is 10.3. The molecule has 2 amide bonds. The van der Waals surface area contributed by atoms with Gasteiger partial charge in [-0.15, -0.1) is 0 Å². The minimum atomic E-state index is -1.08. The fraction of sp³-hybridized carbons (Fsp3) is 0. The van der Waals surface area contributed by atoms with Crippen molar-refractivity contribution in [2.24, 2.45) is 0 Å². The molecule has 0 aliphatic heterocycles. The smallest absolute Gasteiger partial charge is 0.295 e. The standard InChI is InChI=1S/C14H12F2N4O2/c15-9-5-1-3-7-11(9)17-19-13(21)14(22)20-18-12-8-4-2-6-10(12)16/h1-8,17-18H,(H,19,21)(H,20,22). The van der Waals surface area contributed by atoms with Crippen LogP contribution in [0.2, 0.25) is 0 Å². The second kappa shape index (κ2) is 7.02. The number of halogens is 2. The van der Waals surface area contributed by atoms with Crippen LogP contribution >= 0.6 is 0 Å². The molecule has 0 saturated heterocycles. The summed E-state index contributed by atoms with van der Waals surface area (Å²) in [5, 5.41) is 0. The summed E-state index contributed by atoms with van der Waals surface area (Å²) in [6.45, 7) is 0. The van der Waals surface area contributed by atoms with Crippen LogP contribution in [0.15, 0.2) is 48.5 Å². The molecule has 22 heavy (non-hydrogen) atoms. The predicted molar refractivity (Wildman–Crippen MR) is 76.3 cm³/mol. The molecule has 114 valence electrons. The molecule has 0 heterocycles. The number of amides is 2. The Balaban J connectivity index is 1.84. The second-order valence-electron chi connectivity index (χ2n) is 4.12. The Hall–Kier alpha value is -3.16. The van der Waals surface area contributed by atoms with Gasteiger partial charge in [-0.25, -0.2) is 8.78 Å². The number of nitrogens with one attached hydrogen (secondary N) is 4. The van der Waals surface area contributed by atoms with E-state index in [2.05, 4.69) is 10.9 Å². The zero-order valence-corrected chi connectivity index (χ0v) is 11.2. The van der Waals surface area contributed by atoms with Crippen LogP contribution in [0, 0.1) is 11.6 Å². The Bertz CT molecular complexity index is 635. The number of anilines is 2. The van der Waals surface area contributed by atoms with E-state index in [0.29, 0.717) is 0 Å². The fourth-order valence-corrected chi connectivity index (χ4v) is 1.49. The highest BCUT2D eigenvalue weighted by atomic mass is 19.1. The molecule has 0 radical (unpaired) electrons. The van der Waals surface area contributed by atoms with E-state index >= 15 is 0 Å². The average Bonchev–Trinajstić information content (AvgIpc) is 2.52. The zero-order chi connectivity index (χ0) is 15.9. The topological polar surface area (TPSA) is 82.3 Å². The number of para-hydroxylation sites is 2. The number of carbonyl (C=O) groups is 2. The van der Waals surface area contributed by atoms with Crippen molar-refractivity contribution in [1.29, 1.82) is 0 Å². The third kappa shape index (κ3) is 3.92. The molecule has 2 aromatic carbocycles. The van der Waals surface area contributed by atoms with Gasteiger partial charge in [0.2, 0.25) is 0 Å². The minimum Gasteiger partial charge on any atom is -0.295 e. The lowest BCUT2D eigenvalue weighted by Crippen LogP contribution is -2.44. The Kier molecular flexibility index (Phi) is 4.86. The van der Waals surface area contributed by atoms with Crippen molar-refractivity contribution in [3.8, 4) is 0 Å². The van der Waals surface area contributed by atoms with Gasteiger partial charge in [-0.05, 0) is 24.3 Å². The quantitative estimate of drug-likeness (QED) is 0.510. The van der Waals surface area contributed by atoms with Crippen molar-refractivity contribution < 1.29 is 18.4 Å². The first-order valence-electron chi connectivity index (χ1n) is 6.19. The van der Waals surface area contributed by atoms with Crippen LogP contribution in [0.1, 0.15) is 0 Å². The highest BCUT2D eigenvalue weighted by Gasteiger charge is 2.13. The third-order valence-corrected chi connectivity index (χ3v) is 2.58. The van der Waals surface area contributed by atoms with Gasteiger partial charge in [-0.2, -0.15) is 0 Å². The molecule has 0 bridgehead atoms. The summed E-state index contributed by atoms with van der Waals surface area (Å²) in [6.07, 6.45) is 0. The van der Waals surface area contributed by atoms with Gasteiger partial charge < -0.3 is 0 Å². The molecule has 4 N–H and O–H groups in total.